The first-order chi connectivity index (χ1) is 13.9. The van der Waals surface area contributed by atoms with Crippen molar-refractivity contribution in [2.24, 2.45) is 0 Å². The Labute approximate surface area is 170 Å². The normalized spacial score (nSPS) is 10.5. The van der Waals surface area contributed by atoms with Crippen molar-refractivity contribution in [3.05, 3.63) is 88.9 Å². The van der Waals surface area contributed by atoms with Crippen LogP contribution < -0.4 is 15.4 Å². The van der Waals surface area contributed by atoms with Crippen LogP contribution in [0.4, 0.5) is 20.2 Å². The smallest absolute Gasteiger partial charge is 0.387 e. The highest BCUT2D eigenvalue weighted by atomic mass is 35.5. The Morgan fingerprint density at radius 2 is 1.34 bits per heavy atom. The quantitative estimate of drug-likeness (QED) is 0.561. The summed E-state index contributed by atoms with van der Waals surface area (Å²) in [5, 5.41) is 5.30. The van der Waals surface area contributed by atoms with Crippen molar-refractivity contribution in [1.29, 1.82) is 0 Å². The van der Waals surface area contributed by atoms with Crippen LogP contribution in [0.15, 0.2) is 72.8 Å². The van der Waals surface area contributed by atoms with Gasteiger partial charge < -0.3 is 15.4 Å². The number of rotatable bonds is 6. The molecule has 3 rings (SSSR count). The van der Waals surface area contributed by atoms with E-state index in [4.69, 9.17) is 11.6 Å². The summed E-state index contributed by atoms with van der Waals surface area (Å²) >= 11 is 5.87. The highest BCUT2D eigenvalue weighted by molar-refractivity contribution is 6.32. The highest BCUT2D eigenvalue weighted by Crippen LogP contribution is 2.29. The Balaban J connectivity index is 1.63. The Bertz CT molecular complexity index is 1010. The van der Waals surface area contributed by atoms with Crippen molar-refractivity contribution in [2.45, 2.75) is 6.61 Å². The maximum atomic E-state index is 12.4. The van der Waals surface area contributed by atoms with Crippen LogP contribution in [0.5, 0.6) is 5.75 Å². The lowest BCUT2D eigenvalue weighted by Crippen LogP contribution is -2.13. The maximum absolute atomic E-state index is 12.4. The molecule has 0 aliphatic heterocycles. The molecule has 8 heteroatoms. The van der Waals surface area contributed by atoms with Gasteiger partial charge in [-0.05, 0) is 54.6 Å². The van der Waals surface area contributed by atoms with E-state index in [-0.39, 0.29) is 16.7 Å². The van der Waals surface area contributed by atoms with Gasteiger partial charge >= 0.3 is 6.61 Å². The fourth-order valence-corrected chi connectivity index (χ4v) is 2.70. The molecule has 0 aliphatic carbocycles. The van der Waals surface area contributed by atoms with Crippen molar-refractivity contribution >= 4 is 34.8 Å². The molecule has 29 heavy (non-hydrogen) atoms. The van der Waals surface area contributed by atoms with E-state index in [9.17, 15) is 18.4 Å². The molecule has 3 aromatic rings. The summed E-state index contributed by atoms with van der Waals surface area (Å²) in [5.74, 6) is -0.869. The average molecular weight is 417 g/mol. The van der Waals surface area contributed by atoms with Crippen LogP contribution in [0, 0.1) is 0 Å². The standard InChI is InChI=1S/C21H15ClF2N2O3/c22-17-12-16(10-11-18(17)29-21(23)24)26-20(28)14-6-8-15(9-7-14)25-19(27)13-4-2-1-3-5-13/h1-12,21H,(H,25,27)(H,26,28). The van der Waals surface area contributed by atoms with E-state index in [2.05, 4.69) is 15.4 Å². The topological polar surface area (TPSA) is 67.4 Å². The van der Waals surface area contributed by atoms with Crippen LogP contribution in [-0.4, -0.2) is 18.4 Å². The second kappa shape index (κ2) is 9.16. The molecule has 5 nitrogen and oxygen atoms in total. The van der Waals surface area contributed by atoms with Gasteiger partial charge in [-0.25, -0.2) is 0 Å². The van der Waals surface area contributed by atoms with E-state index in [1.54, 1.807) is 48.5 Å². The molecule has 148 valence electrons. The molecule has 0 spiro atoms. The van der Waals surface area contributed by atoms with Crippen LogP contribution in [0.25, 0.3) is 0 Å². The van der Waals surface area contributed by atoms with Gasteiger partial charge in [0.15, 0.2) is 0 Å². The van der Waals surface area contributed by atoms with Gasteiger partial charge in [0.05, 0.1) is 5.02 Å². The molecule has 0 aliphatic rings. The van der Waals surface area contributed by atoms with Crippen molar-refractivity contribution in [3.63, 3.8) is 0 Å². The fraction of sp³-hybridized carbons (Fsp3) is 0.0476. The molecule has 0 saturated heterocycles. The Kier molecular flexibility index (Phi) is 6.41. The third kappa shape index (κ3) is 5.52. The average Bonchev–Trinajstić information content (AvgIpc) is 2.71. The minimum absolute atomic E-state index is 0.0536. The van der Waals surface area contributed by atoms with Gasteiger partial charge in [0.1, 0.15) is 5.75 Å². The van der Waals surface area contributed by atoms with Crippen LogP contribution in [0.3, 0.4) is 0 Å². The summed E-state index contributed by atoms with van der Waals surface area (Å²) in [6.07, 6.45) is 0. The largest absolute Gasteiger partial charge is 0.433 e. The minimum atomic E-state index is -2.99. The molecule has 2 N–H and O–H groups in total. The van der Waals surface area contributed by atoms with E-state index < -0.39 is 12.5 Å². The van der Waals surface area contributed by atoms with Gasteiger partial charge in [-0.1, -0.05) is 29.8 Å². The van der Waals surface area contributed by atoms with Crippen molar-refractivity contribution in [3.8, 4) is 5.75 Å². The SMILES string of the molecule is O=C(Nc1ccc(C(=O)Nc2ccc(OC(F)F)c(Cl)c2)cc1)c1ccccc1. The molecule has 0 radical (unpaired) electrons. The van der Waals surface area contributed by atoms with E-state index >= 15 is 0 Å². The molecule has 0 saturated carbocycles. The number of halogens is 3. The predicted molar refractivity (Wildman–Crippen MR) is 107 cm³/mol. The number of nitrogens with one attached hydrogen (secondary N) is 2. The minimum Gasteiger partial charge on any atom is -0.433 e. The summed E-state index contributed by atoms with van der Waals surface area (Å²) < 4.78 is 28.8. The third-order valence-electron chi connectivity index (χ3n) is 3.85. The Morgan fingerprint density at radius 3 is 1.93 bits per heavy atom. The van der Waals surface area contributed by atoms with Crippen molar-refractivity contribution in [1.82, 2.24) is 0 Å². The molecule has 0 aromatic heterocycles. The van der Waals surface area contributed by atoms with Gasteiger partial charge in [-0.15, -0.1) is 0 Å². The third-order valence-corrected chi connectivity index (χ3v) is 4.14. The summed E-state index contributed by atoms with van der Waals surface area (Å²) in [7, 11) is 0. The molecule has 0 atom stereocenters. The number of amides is 2. The summed E-state index contributed by atoms with van der Waals surface area (Å²) in [5.41, 5.74) is 1.72. The molecule has 0 fully saturated rings. The number of hydrogen-bond donors (Lipinski definition) is 2. The highest BCUT2D eigenvalue weighted by Gasteiger charge is 2.12. The molecule has 2 amide bonds. The van der Waals surface area contributed by atoms with Crippen LogP contribution in [0.2, 0.25) is 5.02 Å². The lowest BCUT2D eigenvalue weighted by atomic mass is 10.1. The number of alkyl halides is 2. The zero-order valence-electron chi connectivity index (χ0n) is 14.9. The van der Waals surface area contributed by atoms with Crippen LogP contribution in [-0.2, 0) is 0 Å². The fourth-order valence-electron chi connectivity index (χ4n) is 2.47. The second-order valence-corrected chi connectivity index (χ2v) is 6.28. The number of anilines is 2. The monoisotopic (exact) mass is 416 g/mol. The van der Waals surface area contributed by atoms with E-state index in [0.717, 1.165) is 0 Å². The van der Waals surface area contributed by atoms with Crippen molar-refractivity contribution < 1.29 is 23.1 Å². The van der Waals surface area contributed by atoms with Crippen LogP contribution in [0.1, 0.15) is 20.7 Å². The van der Waals surface area contributed by atoms with E-state index in [0.29, 0.717) is 22.5 Å². The van der Waals surface area contributed by atoms with Gasteiger partial charge in [0, 0.05) is 22.5 Å². The Morgan fingerprint density at radius 1 is 0.793 bits per heavy atom. The van der Waals surface area contributed by atoms with E-state index in [1.807, 2.05) is 6.07 Å². The first-order valence-electron chi connectivity index (χ1n) is 8.44. The lowest BCUT2D eigenvalue weighted by molar-refractivity contribution is -0.0497. The van der Waals surface area contributed by atoms with Gasteiger partial charge in [-0.2, -0.15) is 8.78 Å². The lowest BCUT2D eigenvalue weighted by Gasteiger charge is -2.10. The zero-order chi connectivity index (χ0) is 20.8. The number of carbonyl (C=O) groups excluding carboxylic acids is 2. The summed E-state index contributed by atoms with van der Waals surface area (Å²) in [4.78, 5) is 24.5. The predicted octanol–water partition coefficient (Wildman–Crippen LogP) is 5.45. The van der Waals surface area contributed by atoms with Crippen molar-refractivity contribution in [2.75, 3.05) is 10.6 Å². The molecular weight excluding hydrogens is 402 g/mol. The number of benzene rings is 3. The second-order valence-electron chi connectivity index (χ2n) is 5.88. The van der Waals surface area contributed by atoms with Gasteiger partial charge in [0.25, 0.3) is 11.8 Å². The van der Waals surface area contributed by atoms with Gasteiger partial charge in [0.2, 0.25) is 0 Å². The number of hydrogen-bond acceptors (Lipinski definition) is 3. The molecular formula is C21H15ClF2N2O3. The maximum Gasteiger partial charge on any atom is 0.387 e. The summed E-state index contributed by atoms with van der Waals surface area (Å²) in [6, 6.07) is 19.0. The Hall–Kier alpha value is -3.45. The molecule has 0 heterocycles. The number of carbonyl (C=O) groups is 2. The van der Waals surface area contributed by atoms with Gasteiger partial charge in [-0.3, -0.25) is 9.59 Å². The van der Waals surface area contributed by atoms with Crippen LogP contribution >= 0.6 is 11.6 Å². The zero-order valence-corrected chi connectivity index (χ0v) is 15.6. The molecule has 0 unspecified atom stereocenters. The first kappa shape index (κ1) is 20.3. The molecule has 0 bridgehead atoms. The summed E-state index contributed by atoms with van der Waals surface area (Å²) in [6.45, 7) is -2.99. The van der Waals surface area contributed by atoms with E-state index in [1.165, 1.54) is 18.2 Å². The first-order valence-corrected chi connectivity index (χ1v) is 8.82. The number of ether oxygens (including phenoxy) is 1. The molecule has 3 aromatic carbocycles.